The minimum Gasteiger partial charge on any atom is -0.444 e. The first-order valence-corrected chi connectivity index (χ1v) is 17.0. The van der Waals surface area contributed by atoms with Crippen LogP contribution in [0.2, 0.25) is 0 Å². The number of para-hydroxylation sites is 1. The Hall–Kier alpha value is -4.87. The van der Waals surface area contributed by atoms with Crippen LogP contribution in [0.1, 0.15) is 70.2 Å². The van der Waals surface area contributed by atoms with E-state index in [9.17, 15) is 24.0 Å². The molecular formula is C37H48N6O6. The van der Waals surface area contributed by atoms with Crippen molar-refractivity contribution in [2.45, 2.75) is 96.0 Å². The highest BCUT2D eigenvalue weighted by atomic mass is 16.6. The van der Waals surface area contributed by atoms with Crippen LogP contribution in [0.15, 0.2) is 54.6 Å². The molecule has 0 radical (unpaired) electrons. The maximum absolute atomic E-state index is 14.8. The maximum Gasteiger partial charge on any atom is 0.407 e. The molecule has 49 heavy (non-hydrogen) atoms. The summed E-state index contributed by atoms with van der Waals surface area (Å²) < 4.78 is 5.30. The normalized spacial score (nSPS) is 18.6. The number of hydrogen-bond acceptors (Lipinski definition) is 6. The van der Waals surface area contributed by atoms with Crippen molar-refractivity contribution in [3.05, 3.63) is 71.4 Å². The van der Waals surface area contributed by atoms with Crippen LogP contribution in [0.4, 0.5) is 4.79 Å². The van der Waals surface area contributed by atoms with Gasteiger partial charge in [-0.3, -0.25) is 19.2 Å². The van der Waals surface area contributed by atoms with Crippen LogP contribution in [-0.4, -0.2) is 87.9 Å². The van der Waals surface area contributed by atoms with E-state index in [0.29, 0.717) is 32.2 Å². The molecule has 0 saturated carbocycles. The first-order chi connectivity index (χ1) is 23.3. The van der Waals surface area contributed by atoms with Gasteiger partial charge >= 0.3 is 6.09 Å². The number of carbonyl (C=O) groups is 5. The summed E-state index contributed by atoms with van der Waals surface area (Å²) in [5.74, 6) is -1.25. The van der Waals surface area contributed by atoms with Crippen LogP contribution in [0.5, 0.6) is 0 Å². The average Bonchev–Trinajstić information content (AvgIpc) is 3.57. The van der Waals surface area contributed by atoms with Crippen molar-refractivity contribution in [2.24, 2.45) is 0 Å². The van der Waals surface area contributed by atoms with Crippen molar-refractivity contribution in [1.82, 2.24) is 30.7 Å². The van der Waals surface area contributed by atoms with Crippen molar-refractivity contribution in [3.63, 3.8) is 0 Å². The van der Waals surface area contributed by atoms with Crippen LogP contribution in [-0.2, 0) is 43.3 Å². The van der Waals surface area contributed by atoms with Crippen molar-refractivity contribution in [2.75, 3.05) is 20.1 Å². The highest BCUT2D eigenvalue weighted by Crippen LogP contribution is 2.42. The molecule has 0 unspecified atom stereocenters. The van der Waals surface area contributed by atoms with Gasteiger partial charge in [-0.1, -0.05) is 48.5 Å². The molecule has 262 valence electrons. The van der Waals surface area contributed by atoms with Gasteiger partial charge in [0, 0.05) is 56.5 Å². The summed E-state index contributed by atoms with van der Waals surface area (Å²) in [7, 11) is 1.55. The number of rotatable bonds is 11. The number of nitrogens with one attached hydrogen (secondary N) is 4. The largest absolute Gasteiger partial charge is 0.444 e. The molecule has 2 aromatic carbocycles. The van der Waals surface area contributed by atoms with Crippen molar-refractivity contribution >= 4 is 40.6 Å². The molecule has 1 fully saturated rings. The molecule has 2 aliphatic rings. The minimum absolute atomic E-state index is 0.161. The Kier molecular flexibility index (Phi) is 10.6. The fraction of sp³-hybridized carbons (Fsp3) is 0.486. The molecule has 0 bridgehead atoms. The third-order valence-electron chi connectivity index (χ3n) is 9.35. The molecule has 3 atom stereocenters. The lowest BCUT2D eigenvalue weighted by atomic mass is 9.81. The second kappa shape index (κ2) is 14.7. The third-order valence-corrected chi connectivity index (χ3v) is 9.35. The molecule has 1 saturated heterocycles. The summed E-state index contributed by atoms with van der Waals surface area (Å²) in [5.41, 5.74) is 1.79. The Balaban J connectivity index is 1.42. The zero-order valence-corrected chi connectivity index (χ0v) is 29.1. The summed E-state index contributed by atoms with van der Waals surface area (Å²) in [5, 5.41) is 9.31. The van der Waals surface area contributed by atoms with E-state index in [1.54, 1.807) is 37.6 Å². The first-order valence-electron chi connectivity index (χ1n) is 17.0. The van der Waals surface area contributed by atoms with E-state index in [4.69, 9.17) is 4.74 Å². The van der Waals surface area contributed by atoms with E-state index < -0.39 is 29.3 Å². The minimum atomic E-state index is -1.24. The van der Waals surface area contributed by atoms with E-state index in [2.05, 4.69) is 20.9 Å². The van der Waals surface area contributed by atoms with E-state index in [0.717, 1.165) is 27.7 Å². The lowest BCUT2D eigenvalue weighted by Gasteiger charge is -2.45. The van der Waals surface area contributed by atoms with Gasteiger partial charge in [0.25, 0.3) is 0 Å². The SMILES string of the molecule is CNC(=O)[C@H](CCCCNC(=O)OC(C)(C)C)N1CC[C@@]2(Cc3c([nH]c4ccccc34)CN2C(=O)[C@H](Cc2ccccc2)NC(C)=O)C1=O. The number of alkyl carbamates (subject to hydrolysis) is 1. The Morgan fingerprint density at radius 2 is 1.73 bits per heavy atom. The average molecular weight is 673 g/mol. The van der Waals surface area contributed by atoms with Gasteiger partial charge in [0.15, 0.2) is 0 Å². The Bertz CT molecular complexity index is 1700. The van der Waals surface area contributed by atoms with E-state index in [1.807, 2.05) is 54.6 Å². The van der Waals surface area contributed by atoms with Gasteiger partial charge in [-0.25, -0.2) is 4.79 Å². The number of ether oxygens (including phenoxy) is 1. The molecular weight excluding hydrogens is 624 g/mol. The van der Waals surface area contributed by atoms with Gasteiger partial charge in [0.1, 0.15) is 23.2 Å². The summed E-state index contributed by atoms with van der Waals surface area (Å²) in [6.45, 7) is 7.58. The maximum atomic E-state index is 14.8. The summed E-state index contributed by atoms with van der Waals surface area (Å²) in [6.07, 6.45) is 1.92. The van der Waals surface area contributed by atoms with Gasteiger partial charge in [-0.2, -0.15) is 0 Å². The number of carbonyl (C=O) groups excluding carboxylic acids is 5. The standard InChI is InChI=1S/C37H48N6O6/c1-24(44)40-29(21-25-13-7-6-8-14-25)33(46)43-23-30-27(26-15-9-10-16-28(26)41-30)22-37(43)18-20-42(34(37)47)31(32(45)38-5)17-11-12-19-39-35(48)49-36(2,3)4/h6-10,13-16,29,31,41H,11-12,17-23H2,1-5H3,(H,38,45)(H,39,48)(H,40,44)/t29-,31-,37+/m0/s1. The summed E-state index contributed by atoms with van der Waals surface area (Å²) in [6, 6.07) is 15.7. The second-order valence-corrected chi connectivity index (χ2v) is 14.0. The molecule has 1 spiro atoms. The number of H-pyrrole nitrogens is 1. The first kappa shape index (κ1) is 35.4. The second-order valence-electron chi connectivity index (χ2n) is 14.0. The fourth-order valence-corrected chi connectivity index (χ4v) is 7.12. The Morgan fingerprint density at radius 3 is 2.43 bits per heavy atom. The topological polar surface area (TPSA) is 153 Å². The van der Waals surface area contributed by atoms with Gasteiger partial charge in [0.05, 0.1) is 6.54 Å². The number of nitrogens with zero attached hydrogens (tertiary/aromatic N) is 2. The number of fused-ring (bicyclic) bond motifs is 3. The Morgan fingerprint density at radius 1 is 1.02 bits per heavy atom. The summed E-state index contributed by atoms with van der Waals surface area (Å²) in [4.78, 5) is 73.9. The number of aromatic nitrogens is 1. The molecule has 2 aliphatic heterocycles. The van der Waals surface area contributed by atoms with E-state index in [-0.39, 0.29) is 49.6 Å². The molecule has 5 rings (SSSR count). The molecule has 4 N–H and O–H groups in total. The molecule has 1 aromatic heterocycles. The quantitative estimate of drug-likeness (QED) is 0.229. The molecule has 5 amide bonds. The molecule has 0 aliphatic carbocycles. The summed E-state index contributed by atoms with van der Waals surface area (Å²) >= 11 is 0. The predicted octanol–water partition coefficient (Wildman–Crippen LogP) is 3.58. The van der Waals surface area contributed by atoms with Gasteiger partial charge in [-0.05, 0) is 63.6 Å². The monoisotopic (exact) mass is 672 g/mol. The van der Waals surface area contributed by atoms with Gasteiger partial charge in [0.2, 0.25) is 23.6 Å². The van der Waals surface area contributed by atoms with E-state index >= 15 is 0 Å². The third kappa shape index (κ3) is 7.90. The number of likely N-dealkylation sites (tertiary alicyclic amines) is 1. The van der Waals surface area contributed by atoms with E-state index in [1.165, 1.54) is 6.92 Å². The number of benzene rings is 2. The van der Waals surface area contributed by atoms with Crippen LogP contribution < -0.4 is 16.0 Å². The van der Waals surface area contributed by atoms with Gasteiger partial charge in [-0.15, -0.1) is 0 Å². The molecule has 12 heteroatoms. The van der Waals surface area contributed by atoms with Crippen molar-refractivity contribution in [1.29, 1.82) is 0 Å². The zero-order valence-electron chi connectivity index (χ0n) is 29.1. The van der Waals surface area contributed by atoms with Crippen LogP contribution in [0.25, 0.3) is 10.9 Å². The number of amides is 5. The van der Waals surface area contributed by atoms with Crippen LogP contribution >= 0.6 is 0 Å². The fourth-order valence-electron chi connectivity index (χ4n) is 7.12. The molecule has 3 aromatic rings. The molecule has 3 heterocycles. The van der Waals surface area contributed by atoms with Crippen molar-refractivity contribution in [3.8, 4) is 0 Å². The van der Waals surface area contributed by atoms with Crippen LogP contribution in [0, 0.1) is 0 Å². The number of aromatic amines is 1. The lowest BCUT2D eigenvalue weighted by Crippen LogP contribution is -2.64. The van der Waals surface area contributed by atoms with Crippen molar-refractivity contribution < 1.29 is 28.7 Å². The smallest absolute Gasteiger partial charge is 0.407 e. The lowest BCUT2D eigenvalue weighted by molar-refractivity contribution is -0.154. The highest BCUT2D eigenvalue weighted by molar-refractivity contribution is 6.00. The number of likely N-dealkylation sites (N-methyl/N-ethyl adjacent to an activating group) is 1. The number of unbranched alkanes of at least 4 members (excludes halogenated alkanes) is 1. The van der Waals surface area contributed by atoms with Gasteiger partial charge < -0.3 is 35.5 Å². The highest BCUT2D eigenvalue weighted by Gasteiger charge is 2.57. The van der Waals surface area contributed by atoms with Crippen LogP contribution in [0.3, 0.4) is 0 Å². The number of hydrogen-bond donors (Lipinski definition) is 4. The predicted molar refractivity (Wildman–Crippen MR) is 185 cm³/mol. The zero-order chi connectivity index (χ0) is 35.3. The Labute approximate surface area is 287 Å². The molecule has 12 nitrogen and oxygen atoms in total.